The van der Waals surface area contributed by atoms with E-state index >= 15 is 0 Å². The van der Waals surface area contributed by atoms with Gasteiger partial charge in [-0.05, 0) is 6.92 Å². The highest BCUT2D eigenvalue weighted by atomic mass is 32.2. The zero-order chi connectivity index (χ0) is 18.3. The molecule has 0 amide bonds. The summed E-state index contributed by atoms with van der Waals surface area (Å²) in [5.74, 6) is -3.41. The smallest absolute Gasteiger partial charge is 0.452 e. The number of fused-ring (bicyclic) bond motifs is 1. The Hall–Kier alpha value is -2.17. The van der Waals surface area contributed by atoms with Crippen LogP contribution >= 0.6 is 0 Å². The van der Waals surface area contributed by atoms with Crippen LogP contribution in [0.3, 0.4) is 0 Å². The Kier molecular flexibility index (Phi) is 4.33. The van der Waals surface area contributed by atoms with Crippen molar-refractivity contribution in [1.29, 1.82) is 0 Å². The number of halogens is 3. The van der Waals surface area contributed by atoms with Crippen molar-refractivity contribution in [2.75, 3.05) is 11.9 Å². The number of hydrogen-bond donors (Lipinski definition) is 1. The monoisotopic (exact) mass is 369 g/mol. The van der Waals surface area contributed by atoms with E-state index in [0.29, 0.717) is 6.54 Å². The van der Waals surface area contributed by atoms with Crippen LogP contribution in [0.2, 0.25) is 0 Å². The normalized spacial score (nSPS) is 16.7. The summed E-state index contributed by atoms with van der Waals surface area (Å²) in [4.78, 5) is 12.0. The van der Waals surface area contributed by atoms with Gasteiger partial charge in [0.25, 0.3) is 0 Å². The first kappa shape index (κ1) is 18.2. The number of cyclic esters (lactones) is 1. The molecule has 7 nitrogen and oxygen atoms in total. The lowest BCUT2D eigenvalue weighted by Gasteiger charge is -2.32. The van der Waals surface area contributed by atoms with Gasteiger partial charge in [-0.15, -0.1) is 0 Å². The van der Waals surface area contributed by atoms with Gasteiger partial charge in [-0.2, -0.15) is 21.6 Å². The van der Waals surface area contributed by atoms with Crippen molar-refractivity contribution in [3.05, 3.63) is 17.7 Å². The van der Waals surface area contributed by atoms with Crippen molar-refractivity contribution in [3.63, 3.8) is 0 Å². The molecule has 0 atom stereocenters. The van der Waals surface area contributed by atoms with E-state index in [1.165, 1.54) is 19.9 Å². The molecule has 2 rings (SSSR count). The lowest BCUT2D eigenvalue weighted by atomic mass is 10.1. The minimum Gasteiger partial charge on any atom is -0.452 e. The molecular weight excluding hydrogens is 355 g/mol. The summed E-state index contributed by atoms with van der Waals surface area (Å²) < 4.78 is 74.5. The Morgan fingerprint density at radius 1 is 1.25 bits per heavy atom. The minimum absolute atomic E-state index is 0.151. The molecule has 1 aliphatic rings. The van der Waals surface area contributed by atoms with Crippen LogP contribution in [0.25, 0.3) is 0 Å². The highest BCUT2D eigenvalue weighted by Gasteiger charge is 2.49. The van der Waals surface area contributed by atoms with Crippen molar-refractivity contribution in [1.82, 2.24) is 0 Å². The van der Waals surface area contributed by atoms with Crippen LogP contribution in [0.15, 0.2) is 12.1 Å². The molecule has 0 saturated heterocycles. The Labute approximate surface area is 135 Å². The average Bonchev–Trinajstić information content (AvgIpc) is 2.34. The number of esters is 1. The maximum atomic E-state index is 12.5. The second kappa shape index (κ2) is 5.72. The largest absolute Gasteiger partial charge is 0.534 e. The lowest BCUT2D eigenvalue weighted by molar-refractivity contribution is -0.127. The number of nitrogens with one attached hydrogen (secondary N) is 1. The zero-order valence-corrected chi connectivity index (χ0v) is 13.7. The van der Waals surface area contributed by atoms with Crippen LogP contribution in [-0.4, -0.2) is 32.2 Å². The molecule has 1 heterocycles. The molecule has 24 heavy (non-hydrogen) atoms. The van der Waals surface area contributed by atoms with Crippen LogP contribution in [0.5, 0.6) is 11.5 Å². The van der Waals surface area contributed by atoms with E-state index in [2.05, 4.69) is 9.50 Å². The Bertz CT molecular complexity index is 773. The second-order valence-electron chi connectivity index (χ2n) is 5.25. The first-order valence-electron chi connectivity index (χ1n) is 6.71. The van der Waals surface area contributed by atoms with Crippen molar-refractivity contribution in [3.8, 4) is 11.5 Å². The SMILES string of the molecule is CCNc1cc2c(c(OS(=O)(=O)C(F)(F)F)c1)C(=O)OC(C)(C)O2. The van der Waals surface area contributed by atoms with E-state index in [9.17, 15) is 26.4 Å². The molecule has 1 aromatic rings. The summed E-state index contributed by atoms with van der Waals surface area (Å²) in [7, 11) is -5.96. The highest BCUT2D eigenvalue weighted by molar-refractivity contribution is 7.88. The fraction of sp³-hybridized carbons (Fsp3) is 0.462. The van der Waals surface area contributed by atoms with Crippen LogP contribution in [0, 0.1) is 0 Å². The molecule has 0 spiro atoms. The van der Waals surface area contributed by atoms with E-state index in [0.717, 1.165) is 6.07 Å². The van der Waals surface area contributed by atoms with Gasteiger partial charge in [-0.1, -0.05) is 0 Å². The van der Waals surface area contributed by atoms with Crippen LogP contribution in [-0.2, 0) is 14.9 Å². The Balaban J connectivity index is 2.59. The van der Waals surface area contributed by atoms with Gasteiger partial charge in [0.2, 0.25) is 5.79 Å². The average molecular weight is 369 g/mol. The summed E-state index contributed by atoms with van der Waals surface area (Å²) in [5.41, 5.74) is -5.97. The van der Waals surface area contributed by atoms with Crippen LogP contribution < -0.4 is 14.2 Å². The molecular formula is C13H14F3NO6S. The van der Waals surface area contributed by atoms with Gasteiger partial charge in [0.1, 0.15) is 11.3 Å². The number of rotatable bonds is 4. The maximum absolute atomic E-state index is 12.5. The van der Waals surface area contributed by atoms with Gasteiger partial charge < -0.3 is 19.0 Å². The first-order valence-corrected chi connectivity index (χ1v) is 8.12. The molecule has 0 aliphatic carbocycles. The summed E-state index contributed by atoms with van der Waals surface area (Å²) in [6.07, 6.45) is 0. The van der Waals surface area contributed by atoms with Crippen LogP contribution in [0.4, 0.5) is 18.9 Å². The molecule has 0 unspecified atom stereocenters. The van der Waals surface area contributed by atoms with Gasteiger partial charge in [0.15, 0.2) is 5.75 Å². The number of ether oxygens (including phenoxy) is 2. The third kappa shape index (κ3) is 3.50. The zero-order valence-electron chi connectivity index (χ0n) is 12.9. The highest BCUT2D eigenvalue weighted by Crippen LogP contribution is 2.41. The minimum atomic E-state index is -5.96. The topological polar surface area (TPSA) is 90.9 Å². The fourth-order valence-electron chi connectivity index (χ4n) is 1.97. The van der Waals surface area contributed by atoms with Crippen LogP contribution in [0.1, 0.15) is 31.1 Å². The maximum Gasteiger partial charge on any atom is 0.534 e. The summed E-state index contributed by atoms with van der Waals surface area (Å²) in [6, 6.07) is 2.29. The quantitative estimate of drug-likeness (QED) is 0.496. The molecule has 1 aromatic carbocycles. The molecule has 0 fully saturated rings. The predicted octanol–water partition coefficient (Wildman–Crippen LogP) is 2.63. The summed E-state index contributed by atoms with van der Waals surface area (Å²) in [5, 5.41) is 2.78. The number of carbonyl (C=O) groups is 1. The van der Waals surface area contributed by atoms with E-state index in [1.807, 2.05) is 0 Å². The van der Waals surface area contributed by atoms with Gasteiger partial charge in [0.05, 0.1) is 0 Å². The number of alkyl halides is 3. The molecule has 0 saturated carbocycles. The standard InChI is InChI=1S/C13H14F3NO6S/c1-4-17-7-5-8-10(11(18)22-12(2,3)21-8)9(6-7)23-24(19,20)13(14,15)16/h5-6,17H,4H2,1-3H3. The third-order valence-corrected chi connectivity index (χ3v) is 3.79. The molecule has 0 aromatic heterocycles. The molecule has 0 radical (unpaired) electrons. The lowest BCUT2D eigenvalue weighted by Crippen LogP contribution is -2.39. The molecule has 11 heteroatoms. The number of benzene rings is 1. The first-order chi connectivity index (χ1) is 10.9. The third-order valence-electron chi connectivity index (χ3n) is 2.83. The van der Waals surface area contributed by atoms with Gasteiger partial charge in [-0.25, -0.2) is 4.79 Å². The molecule has 1 N–H and O–H groups in total. The molecule has 1 aliphatic heterocycles. The second-order valence-corrected chi connectivity index (χ2v) is 6.79. The van der Waals surface area contributed by atoms with Crippen molar-refractivity contribution < 1.29 is 40.0 Å². The Morgan fingerprint density at radius 2 is 1.88 bits per heavy atom. The van der Waals surface area contributed by atoms with E-state index in [-0.39, 0.29) is 11.4 Å². The Morgan fingerprint density at radius 3 is 2.42 bits per heavy atom. The van der Waals surface area contributed by atoms with Crippen molar-refractivity contribution >= 4 is 21.8 Å². The predicted molar refractivity (Wildman–Crippen MR) is 76.3 cm³/mol. The van der Waals surface area contributed by atoms with E-state index < -0.39 is 38.7 Å². The fourth-order valence-corrected chi connectivity index (χ4v) is 2.43. The summed E-state index contributed by atoms with van der Waals surface area (Å²) >= 11 is 0. The van der Waals surface area contributed by atoms with Gasteiger partial charge in [-0.3, -0.25) is 0 Å². The van der Waals surface area contributed by atoms with Crippen molar-refractivity contribution in [2.24, 2.45) is 0 Å². The van der Waals surface area contributed by atoms with Gasteiger partial charge >= 0.3 is 21.6 Å². The van der Waals surface area contributed by atoms with Gasteiger partial charge in [0, 0.05) is 38.2 Å². The molecule has 134 valence electrons. The summed E-state index contributed by atoms with van der Waals surface area (Å²) in [6.45, 7) is 4.94. The van der Waals surface area contributed by atoms with Crippen molar-refractivity contribution in [2.45, 2.75) is 32.1 Å². The van der Waals surface area contributed by atoms with E-state index in [1.54, 1.807) is 6.92 Å². The number of hydrogen-bond acceptors (Lipinski definition) is 7. The number of carbonyl (C=O) groups excluding carboxylic acids is 1. The molecule has 0 bridgehead atoms. The van der Waals surface area contributed by atoms with E-state index in [4.69, 9.17) is 9.47 Å². The number of anilines is 1.